The van der Waals surface area contributed by atoms with Crippen LogP contribution in [-0.2, 0) is 20.7 Å². The molecule has 0 fully saturated rings. The molecule has 2 aromatic rings. The zero-order valence-electron chi connectivity index (χ0n) is 13.9. The predicted octanol–water partition coefficient (Wildman–Crippen LogP) is 3.96. The maximum absolute atomic E-state index is 12.7. The van der Waals surface area contributed by atoms with E-state index in [1.54, 1.807) is 24.4 Å². The zero-order valence-corrected chi connectivity index (χ0v) is 15.4. The number of halogens is 1. The second-order valence-electron chi connectivity index (χ2n) is 5.17. The molecule has 1 heterocycles. The van der Waals surface area contributed by atoms with Crippen LogP contribution in [0.25, 0.3) is 0 Å². The van der Waals surface area contributed by atoms with Crippen molar-refractivity contribution >= 4 is 46.3 Å². The summed E-state index contributed by atoms with van der Waals surface area (Å²) >= 11 is 7.52. The molecule has 5 nitrogen and oxygen atoms in total. The third kappa shape index (κ3) is 4.67. The largest absolute Gasteiger partial charge is 0.465 e. The van der Waals surface area contributed by atoms with Gasteiger partial charge in [-0.2, -0.15) is 0 Å². The number of ether oxygens (including phenoxy) is 1. The summed E-state index contributed by atoms with van der Waals surface area (Å²) in [5.74, 6) is -3.92. The number of amides is 1. The molecule has 0 bridgehead atoms. The third-order valence-corrected chi connectivity index (χ3v) is 4.87. The highest BCUT2D eigenvalue weighted by Crippen LogP contribution is 2.23. The van der Waals surface area contributed by atoms with Crippen molar-refractivity contribution in [2.45, 2.75) is 20.3 Å². The lowest BCUT2D eigenvalue weighted by Crippen LogP contribution is -2.37. The number of nitrogens with one attached hydrogen (secondary N) is 1. The van der Waals surface area contributed by atoms with Crippen LogP contribution < -0.4 is 5.32 Å². The number of hydrogen-bond donors (Lipinski definition) is 1. The first kappa shape index (κ1) is 19.1. The number of carbonyl (C=O) groups is 3. The number of rotatable bonds is 7. The fourth-order valence-electron chi connectivity index (χ4n) is 2.22. The van der Waals surface area contributed by atoms with Gasteiger partial charge in [0.2, 0.25) is 5.91 Å². The molecular formula is C18H18ClNO4S. The van der Waals surface area contributed by atoms with E-state index in [0.717, 1.165) is 11.3 Å². The van der Waals surface area contributed by atoms with Gasteiger partial charge in [-0.15, -0.1) is 11.3 Å². The fraction of sp³-hybridized carbons (Fsp3) is 0.278. The minimum absolute atomic E-state index is 0.0663. The van der Waals surface area contributed by atoms with Crippen LogP contribution in [0.1, 0.15) is 29.1 Å². The van der Waals surface area contributed by atoms with Crippen LogP contribution in [0.3, 0.4) is 0 Å². The van der Waals surface area contributed by atoms with E-state index in [0.29, 0.717) is 5.69 Å². The number of esters is 1. The van der Waals surface area contributed by atoms with Crippen molar-refractivity contribution < 1.29 is 19.1 Å². The molecule has 0 saturated carbocycles. The van der Waals surface area contributed by atoms with E-state index in [1.807, 2.05) is 13.0 Å². The normalized spacial score (nSPS) is 11.6. The van der Waals surface area contributed by atoms with Gasteiger partial charge in [-0.1, -0.05) is 30.7 Å². The van der Waals surface area contributed by atoms with E-state index < -0.39 is 23.6 Å². The number of Topliss-reactive ketones (excluding diaryl/α,β-unsaturated/α-hetero) is 1. The van der Waals surface area contributed by atoms with Gasteiger partial charge >= 0.3 is 5.97 Å². The van der Waals surface area contributed by atoms with E-state index >= 15 is 0 Å². The summed E-state index contributed by atoms with van der Waals surface area (Å²) in [6.45, 7) is 3.68. The van der Waals surface area contributed by atoms with Gasteiger partial charge in [-0.05, 0) is 31.5 Å². The fourth-order valence-corrected chi connectivity index (χ4v) is 3.22. The summed E-state index contributed by atoms with van der Waals surface area (Å²) in [6, 6.07) is 8.10. The highest BCUT2D eigenvalue weighted by atomic mass is 35.5. The molecule has 0 aliphatic carbocycles. The van der Waals surface area contributed by atoms with Crippen molar-refractivity contribution in [3.05, 3.63) is 51.2 Å². The number of thiophene rings is 1. The topological polar surface area (TPSA) is 72.5 Å². The Morgan fingerprint density at radius 3 is 2.56 bits per heavy atom. The Bertz CT molecular complexity index is 787. The molecule has 1 aromatic heterocycles. The van der Waals surface area contributed by atoms with Crippen LogP contribution in [0.15, 0.2) is 35.7 Å². The smallest absolute Gasteiger partial charge is 0.326 e. The van der Waals surface area contributed by atoms with E-state index in [9.17, 15) is 14.4 Å². The highest BCUT2D eigenvalue weighted by molar-refractivity contribution is 7.10. The Morgan fingerprint density at radius 2 is 1.96 bits per heavy atom. The van der Waals surface area contributed by atoms with Gasteiger partial charge in [0, 0.05) is 15.8 Å². The Kier molecular flexibility index (Phi) is 6.73. The highest BCUT2D eigenvalue weighted by Gasteiger charge is 2.37. The molecular weight excluding hydrogens is 362 g/mol. The first-order valence-corrected chi connectivity index (χ1v) is 9.07. The number of aryl methyl sites for hydroxylation is 1. The number of anilines is 1. The first-order valence-electron chi connectivity index (χ1n) is 7.81. The summed E-state index contributed by atoms with van der Waals surface area (Å²) in [6.07, 6.45) is 0.834. The van der Waals surface area contributed by atoms with Crippen molar-refractivity contribution in [2.75, 3.05) is 11.9 Å². The second-order valence-corrected chi connectivity index (χ2v) is 6.58. The number of carbonyl (C=O) groups excluding carboxylic acids is 3. The third-order valence-electron chi connectivity index (χ3n) is 3.46. The summed E-state index contributed by atoms with van der Waals surface area (Å²) in [5.41, 5.74) is 0.657. The van der Waals surface area contributed by atoms with Gasteiger partial charge in [0.1, 0.15) is 0 Å². The molecule has 1 atom stereocenters. The average Bonchev–Trinajstić information content (AvgIpc) is 3.03. The van der Waals surface area contributed by atoms with Gasteiger partial charge in [0.05, 0.1) is 17.3 Å². The van der Waals surface area contributed by atoms with Crippen LogP contribution >= 0.6 is 22.9 Å². The molecule has 1 aromatic carbocycles. The molecule has 1 unspecified atom stereocenters. The van der Waals surface area contributed by atoms with Crippen LogP contribution in [0.5, 0.6) is 0 Å². The van der Waals surface area contributed by atoms with Crippen molar-refractivity contribution in [2.24, 2.45) is 5.92 Å². The molecule has 25 heavy (non-hydrogen) atoms. The van der Waals surface area contributed by atoms with Crippen molar-refractivity contribution in [3.63, 3.8) is 0 Å². The minimum Gasteiger partial charge on any atom is -0.465 e. The van der Waals surface area contributed by atoms with E-state index in [1.165, 1.54) is 23.5 Å². The minimum atomic E-state index is -1.61. The Hall–Kier alpha value is -2.18. The van der Waals surface area contributed by atoms with Crippen LogP contribution in [0.4, 0.5) is 5.69 Å². The van der Waals surface area contributed by atoms with Crippen molar-refractivity contribution in [1.82, 2.24) is 0 Å². The van der Waals surface area contributed by atoms with Crippen LogP contribution in [-0.4, -0.2) is 24.3 Å². The molecule has 1 amide bonds. The quantitative estimate of drug-likeness (QED) is 0.449. The van der Waals surface area contributed by atoms with Gasteiger partial charge in [-0.25, -0.2) is 0 Å². The van der Waals surface area contributed by atoms with Crippen molar-refractivity contribution in [3.8, 4) is 0 Å². The average molecular weight is 380 g/mol. The van der Waals surface area contributed by atoms with E-state index in [2.05, 4.69) is 5.32 Å². The predicted molar refractivity (Wildman–Crippen MR) is 98.2 cm³/mol. The van der Waals surface area contributed by atoms with Crippen LogP contribution in [0, 0.1) is 5.92 Å². The lowest BCUT2D eigenvalue weighted by molar-refractivity contribution is -0.148. The summed E-state index contributed by atoms with van der Waals surface area (Å²) in [7, 11) is 0. The standard InChI is InChI=1S/C18H18ClNO4S/c1-3-12-9-11(10-25-12)20-17(22)15(18(23)24-4-2)16(21)13-7-5-6-8-14(13)19/h5-10,15H,3-4H2,1-2H3,(H,20,22). The molecule has 0 saturated heterocycles. The Balaban J connectivity index is 2.28. The van der Waals surface area contributed by atoms with Gasteiger partial charge in [-0.3, -0.25) is 14.4 Å². The van der Waals surface area contributed by atoms with Gasteiger partial charge in [0.15, 0.2) is 11.7 Å². The molecule has 7 heteroatoms. The molecule has 1 N–H and O–H groups in total. The van der Waals surface area contributed by atoms with E-state index in [-0.39, 0.29) is 17.2 Å². The molecule has 2 rings (SSSR count). The van der Waals surface area contributed by atoms with Crippen LogP contribution in [0.2, 0.25) is 5.02 Å². The number of benzene rings is 1. The maximum Gasteiger partial charge on any atom is 0.326 e. The summed E-state index contributed by atoms with van der Waals surface area (Å²) in [4.78, 5) is 38.6. The second kappa shape index (κ2) is 8.78. The molecule has 0 radical (unpaired) electrons. The lowest BCUT2D eigenvalue weighted by atomic mass is 9.96. The first-order chi connectivity index (χ1) is 12.0. The monoisotopic (exact) mass is 379 g/mol. The van der Waals surface area contributed by atoms with Crippen molar-refractivity contribution in [1.29, 1.82) is 0 Å². The summed E-state index contributed by atoms with van der Waals surface area (Å²) in [5, 5.41) is 4.55. The SMILES string of the molecule is CCOC(=O)C(C(=O)Nc1csc(CC)c1)C(=O)c1ccccc1Cl. The Morgan fingerprint density at radius 1 is 1.24 bits per heavy atom. The molecule has 0 spiro atoms. The summed E-state index contributed by atoms with van der Waals surface area (Å²) < 4.78 is 4.91. The van der Waals surface area contributed by atoms with Gasteiger partial charge in [0.25, 0.3) is 0 Å². The zero-order chi connectivity index (χ0) is 18.4. The molecule has 0 aliphatic heterocycles. The molecule has 0 aliphatic rings. The molecule has 132 valence electrons. The van der Waals surface area contributed by atoms with Gasteiger partial charge < -0.3 is 10.1 Å². The number of hydrogen-bond acceptors (Lipinski definition) is 5. The number of ketones is 1. The lowest BCUT2D eigenvalue weighted by Gasteiger charge is -2.15. The van der Waals surface area contributed by atoms with E-state index in [4.69, 9.17) is 16.3 Å². The maximum atomic E-state index is 12.7. The Labute approximate surface area is 154 Å².